The summed E-state index contributed by atoms with van der Waals surface area (Å²) in [5, 5.41) is 3.14. The molecule has 19 heavy (non-hydrogen) atoms. The second-order valence-corrected chi connectivity index (χ2v) is 4.43. The summed E-state index contributed by atoms with van der Waals surface area (Å²) in [6.07, 6.45) is -4.33. The first-order valence-corrected chi connectivity index (χ1v) is 6.05. The molecule has 0 saturated heterocycles. The van der Waals surface area contributed by atoms with Crippen LogP contribution in [0, 0.1) is 0 Å². The predicted molar refractivity (Wildman–Crippen MR) is 68.4 cm³/mol. The third-order valence-corrected chi connectivity index (χ3v) is 2.44. The van der Waals surface area contributed by atoms with Crippen LogP contribution in [0.5, 0.6) is 5.75 Å². The van der Waals surface area contributed by atoms with Crippen LogP contribution in [0.4, 0.5) is 13.2 Å². The quantitative estimate of drug-likeness (QED) is 0.773. The first-order chi connectivity index (χ1) is 8.89. The van der Waals surface area contributed by atoms with Gasteiger partial charge < -0.3 is 15.0 Å². The third-order valence-electron chi connectivity index (χ3n) is 2.44. The maximum absolute atomic E-state index is 12.5. The van der Waals surface area contributed by atoms with E-state index in [0.29, 0.717) is 13.2 Å². The van der Waals surface area contributed by atoms with Gasteiger partial charge in [0.1, 0.15) is 12.4 Å². The van der Waals surface area contributed by atoms with Crippen LogP contribution in [0.15, 0.2) is 24.3 Å². The monoisotopic (exact) mass is 276 g/mol. The summed E-state index contributed by atoms with van der Waals surface area (Å²) in [7, 11) is 3.95. The highest BCUT2D eigenvalue weighted by Gasteiger charge is 2.30. The van der Waals surface area contributed by atoms with Gasteiger partial charge in [0.05, 0.1) is 5.56 Å². The Balaban J connectivity index is 2.30. The number of nitrogens with zero attached hydrogens (tertiary/aromatic N) is 1. The van der Waals surface area contributed by atoms with Gasteiger partial charge in [0.25, 0.3) is 0 Å². The van der Waals surface area contributed by atoms with E-state index in [4.69, 9.17) is 4.74 Å². The van der Waals surface area contributed by atoms with Gasteiger partial charge in [-0.25, -0.2) is 0 Å². The minimum absolute atomic E-state index is 0.240. The number of alkyl halides is 3. The molecule has 1 aromatic carbocycles. The standard InChI is InChI=1S/C13H19F3N2O/c1-18(2)8-6-17-7-9-19-12-5-3-4-11(10-12)13(14,15)16/h3-5,10,17H,6-9H2,1-2H3. The van der Waals surface area contributed by atoms with Crippen LogP contribution in [-0.4, -0.2) is 45.2 Å². The largest absolute Gasteiger partial charge is 0.492 e. The number of benzene rings is 1. The van der Waals surface area contributed by atoms with Crippen LogP contribution >= 0.6 is 0 Å². The van der Waals surface area contributed by atoms with E-state index in [1.165, 1.54) is 12.1 Å². The van der Waals surface area contributed by atoms with Crippen LogP contribution in [0.2, 0.25) is 0 Å². The highest BCUT2D eigenvalue weighted by molar-refractivity contribution is 5.30. The average molecular weight is 276 g/mol. The fourth-order valence-electron chi connectivity index (χ4n) is 1.43. The van der Waals surface area contributed by atoms with Gasteiger partial charge in [-0.15, -0.1) is 0 Å². The predicted octanol–water partition coefficient (Wildman–Crippen LogP) is 2.24. The Bertz CT molecular complexity index is 380. The number of hydrogen-bond acceptors (Lipinski definition) is 3. The molecule has 1 aromatic rings. The number of nitrogens with one attached hydrogen (secondary N) is 1. The summed E-state index contributed by atoms with van der Waals surface area (Å²) in [6, 6.07) is 4.91. The molecule has 3 nitrogen and oxygen atoms in total. The van der Waals surface area contributed by atoms with Gasteiger partial charge in [0.2, 0.25) is 0 Å². The van der Waals surface area contributed by atoms with Gasteiger partial charge in [-0.05, 0) is 32.3 Å². The number of ether oxygens (including phenoxy) is 1. The van der Waals surface area contributed by atoms with E-state index in [0.717, 1.165) is 25.2 Å². The Morgan fingerprint density at radius 3 is 2.58 bits per heavy atom. The lowest BCUT2D eigenvalue weighted by Crippen LogP contribution is -2.29. The molecular formula is C13H19F3N2O. The van der Waals surface area contributed by atoms with E-state index in [-0.39, 0.29) is 5.75 Å². The number of hydrogen-bond donors (Lipinski definition) is 1. The maximum atomic E-state index is 12.5. The summed E-state index contributed by atoms with van der Waals surface area (Å²) >= 11 is 0. The molecule has 0 heterocycles. The van der Waals surface area contributed by atoms with Crippen molar-refractivity contribution in [3.05, 3.63) is 29.8 Å². The molecule has 0 spiro atoms. The Labute approximate surface area is 111 Å². The molecule has 0 aliphatic carbocycles. The van der Waals surface area contributed by atoms with E-state index < -0.39 is 11.7 Å². The van der Waals surface area contributed by atoms with E-state index in [9.17, 15) is 13.2 Å². The summed E-state index contributed by atoms with van der Waals surface area (Å²) in [5.41, 5.74) is -0.689. The number of likely N-dealkylation sites (N-methyl/N-ethyl adjacent to an activating group) is 1. The van der Waals surface area contributed by atoms with Gasteiger partial charge >= 0.3 is 6.18 Å². The molecule has 6 heteroatoms. The summed E-state index contributed by atoms with van der Waals surface area (Å²) in [6.45, 7) is 2.67. The van der Waals surface area contributed by atoms with E-state index in [1.54, 1.807) is 0 Å². The van der Waals surface area contributed by atoms with Crippen molar-refractivity contribution in [1.82, 2.24) is 10.2 Å². The molecule has 0 saturated carbocycles. The first kappa shape index (κ1) is 15.8. The molecule has 0 atom stereocenters. The molecule has 0 aliphatic heterocycles. The summed E-state index contributed by atoms with van der Waals surface area (Å²) in [5.74, 6) is 0.240. The smallest absolute Gasteiger partial charge is 0.416 e. The molecule has 1 rings (SSSR count). The SMILES string of the molecule is CN(C)CCNCCOc1cccc(C(F)(F)F)c1. The highest BCUT2D eigenvalue weighted by atomic mass is 19.4. The average Bonchev–Trinajstić information content (AvgIpc) is 2.32. The van der Waals surface area contributed by atoms with Gasteiger partial charge in [-0.1, -0.05) is 6.07 Å². The zero-order chi connectivity index (χ0) is 14.3. The lowest BCUT2D eigenvalue weighted by molar-refractivity contribution is -0.137. The minimum Gasteiger partial charge on any atom is -0.492 e. The second kappa shape index (κ2) is 7.35. The molecule has 108 valence electrons. The molecule has 0 radical (unpaired) electrons. The lowest BCUT2D eigenvalue weighted by atomic mass is 10.2. The maximum Gasteiger partial charge on any atom is 0.416 e. The van der Waals surface area contributed by atoms with Crippen molar-refractivity contribution in [1.29, 1.82) is 0 Å². The van der Waals surface area contributed by atoms with Crippen molar-refractivity contribution in [3.63, 3.8) is 0 Å². The summed E-state index contributed by atoms with van der Waals surface area (Å²) in [4.78, 5) is 2.04. The fraction of sp³-hybridized carbons (Fsp3) is 0.538. The van der Waals surface area contributed by atoms with E-state index in [2.05, 4.69) is 5.32 Å². The van der Waals surface area contributed by atoms with Crippen molar-refractivity contribution < 1.29 is 17.9 Å². The van der Waals surface area contributed by atoms with Gasteiger partial charge in [-0.2, -0.15) is 13.2 Å². The van der Waals surface area contributed by atoms with E-state index >= 15 is 0 Å². The molecule has 0 bridgehead atoms. The lowest BCUT2D eigenvalue weighted by Gasteiger charge is -2.12. The third kappa shape index (κ3) is 6.45. The van der Waals surface area contributed by atoms with Gasteiger partial charge in [0.15, 0.2) is 0 Å². The fourth-order valence-corrected chi connectivity index (χ4v) is 1.43. The Morgan fingerprint density at radius 1 is 1.21 bits per heavy atom. The zero-order valence-electron chi connectivity index (χ0n) is 11.1. The number of rotatable bonds is 7. The Morgan fingerprint density at radius 2 is 1.95 bits per heavy atom. The van der Waals surface area contributed by atoms with Crippen LogP contribution in [-0.2, 0) is 6.18 Å². The van der Waals surface area contributed by atoms with Gasteiger partial charge in [0, 0.05) is 19.6 Å². The molecule has 0 aliphatic rings. The van der Waals surface area contributed by atoms with Crippen molar-refractivity contribution in [2.45, 2.75) is 6.18 Å². The summed E-state index contributed by atoms with van der Waals surface area (Å²) < 4.78 is 42.7. The zero-order valence-corrected chi connectivity index (χ0v) is 11.1. The van der Waals surface area contributed by atoms with Crippen LogP contribution in [0.3, 0.4) is 0 Å². The molecule has 0 unspecified atom stereocenters. The van der Waals surface area contributed by atoms with Gasteiger partial charge in [-0.3, -0.25) is 0 Å². The van der Waals surface area contributed by atoms with Crippen LogP contribution in [0.25, 0.3) is 0 Å². The molecule has 0 amide bonds. The van der Waals surface area contributed by atoms with Crippen LogP contribution in [0.1, 0.15) is 5.56 Å². The topological polar surface area (TPSA) is 24.5 Å². The van der Waals surface area contributed by atoms with Crippen molar-refractivity contribution in [3.8, 4) is 5.75 Å². The van der Waals surface area contributed by atoms with Crippen LogP contribution < -0.4 is 10.1 Å². The van der Waals surface area contributed by atoms with Crippen molar-refractivity contribution in [2.24, 2.45) is 0 Å². The van der Waals surface area contributed by atoms with Crippen molar-refractivity contribution >= 4 is 0 Å². The molecule has 1 N–H and O–H groups in total. The molecule has 0 aromatic heterocycles. The minimum atomic E-state index is -4.33. The van der Waals surface area contributed by atoms with Crippen molar-refractivity contribution in [2.75, 3.05) is 40.3 Å². The molecular weight excluding hydrogens is 257 g/mol. The highest BCUT2D eigenvalue weighted by Crippen LogP contribution is 2.31. The first-order valence-electron chi connectivity index (χ1n) is 6.05. The Hall–Kier alpha value is -1.27. The van der Waals surface area contributed by atoms with E-state index in [1.807, 2.05) is 19.0 Å². The number of halogens is 3. The second-order valence-electron chi connectivity index (χ2n) is 4.43. The Kier molecular flexibility index (Phi) is 6.11. The normalized spacial score (nSPS) is 11.9. The molecule has 0 fully saturated rings.